The molecule has 0 heterocycles. The fourth-order valence-corrected chi connectivity index (χ4v) is 2.49. The van der Waals surface area contributed by atoms with E-state index in [1.165, 1.54) is 6.08 Å². The van der Waals surface area contributed by atoms with Gasteiger partial charge in [0.05, 0.1) is 19.3 Å². The summed E-state index contributed by atoms with van der Waals surface area (Å²) in [5, 5.41) is 17.9. The van der Waals surface area contributed by atoms with Gasteiger partial charge < -0.3 is 14.9 Å². The molecule has 0 aliphatic heterocycles. The third kappa shape index (κ3) is 6.61. The van der Waals surface area contributed by atoms with Crippen LogP contribution in [0.2, 0.25) is 0 Å². The van der Waals surface area contributed by atoms with Gasteiger partial charge in [-0.3, -0.25) is 4.79 Å². The number of aliphatic hydroxyl groups excluding tert-OH is 2. The van der Waals surface area contributed by atoms with E-state index in [1.54, 1.807) is 30.3 Å². The maximum Gasteiger partial charge on any atom is 0.330 e. The first-order valence-corrected chi connectivity index (χ1v) is 9.04. The Balaban J connectivity index is 1.86. The van der Waals surface area contributed by atoms with Crippen LogP contribution >= 0.6 is 0 Å². The highest BCUT2D eigenvalue weighted by molar-refractivity contribution is 6.28. The number of allylic oxidation sites excluding steroid dienone is 1. The van der Waals surface area contributed by atoms with Gasteiger partial charge in [-0.2, -0.15) is 0 Å². The molecule has 2 rings (SSSR count). The number of ether oxygens (including phenoxy) is 1. The maximum absolute atomic E-state index is 12.5. The maximum atomic E-state index is 12.5. The minimum absolute atomic E-state index is 0.147. The highest BCUT2D eigenvalue weighted by Crippen LogP contribution is 2.18. The van der Waals surface area contributed by atoms with E-state index in [4.69, 9.17) is 9.84 Å². The van der Waals surface area contributed by atoms with Crippen molar-refractivity contribution in [2.75, 3.05) is 13.2 Å². The van der Waals surface area contributed by atoms with Gasteiger partial charge in [-0.05, 0) is 30.0 Å². The number of carbonyl (C=O) groups excluding carboxylic acids is 2. The van der Waals surface area contributed by atoms with Crippen LogP contribution < -0.4 is 0 Å². The molecule has 28 heavy (non-hydrogen) atoms. The van der Waals surface area contributed by atoms with E-state index in [0.29, 0.717) is 24.0 Å². The molecule has 1 atom stereocenters. The number of benzene rings is 2. The standard InChI is InChI=1S/C23H24O5/c1-17(19-6-3-2-4-7-19)23(27)20-12-9-18(10-13-20)11-14-22(26)28-15-5-8-21(25)16-24/h2-4,6-7,9-14,21,24-25H,1,5,8,15-16H2/b14-11+. The van der Waals surface area contributed by atoms with Crippen molar-refractivity contribution in [3.63, 3.8) is 0 Å². The fraction of sp³-hybridized carbons (Fsp3) is 0.217. The van der Waals surface area contributed by atoms with Gasteiger partial charge >= 0.3 is 5.97 Å². The molecule has 1 unspecified atom stereocenters. The average Bonchev–Trinajstić information content (AvgIpc) is 2.75. The topological polar surface area (TPSA) is 83.8 Å². The third-order valence-corrected chi connectivity index (χ3v) is 4.12. The van der Waals surface area contributed by atoms with Crippen LogP contribution in [0.5, 0.6) is 0 Å². The molecule has 0 saturated carbocycles. The Labute approximate surface area is 164 Å². The van der Waals surface area contributed by atoms with E-state index in [-0.39, 0.29) is 19.0 Å². The minimum Gasteiger partial charge on any atom is -0.463 e. The Morgan fingerprint density at radius 1 is 1.04 bits per heavy atom. The summed E-state index contributed by atoms with van der Waals surface area (Å²) in [7, 11) is 0. The summed E-state index contributed by atoms with van der Waals surface area (Å²) in [6, 6.07) is 16.1. The molecule has 0 saturated heterocycles. The molecule has 0 aliphatic carbocycles. The van der Waals surface area contributed by atoms with Crippen LogP contribution in [0.15, 0.2) is 67.3 Å². The van der Waals surface area contributed by atoms with Gasteiger partial charge in [0.2, 0.25) is 0 Å². The number of carbonyl (C=O) groups is 2. The lowest BCUT2D eigenvalue weighted by molar-refractivity contribution is -0.137. The third-order valence-electron chi connectivity index (χ3n) is 4.12. The lowest BCUT2D eigenvalue weighted by Gasteiger charge is -2.06. The smallest absolute Gasteiger partial charge is 0.330 e. The molecule has 0 aromatic heterocycles. The van der Waals surface area contributed by atoms with Gasteiger partial charge in [-0.15, -0.1) is 0 Å². The SMILES string of the molecule is C=C(C(=O)c1ccc(/C=C/C(=O)OCCCC(O)CO)cc1)c1ccccc1. The fourth-order valence-electron chi connectivity index (χ4n) is 2.49. The van der Waals surface area contributed by atoms with Crippen LogP contribution in [-0.2, 0) is 9.53 Å². The van der Waals surface area contributed by atoms with Crippen LogP contribution in [0.1, 0.15) is 34.3 Å². The molecule has 0 amide bonds. The number of hydrogen-bond donors (Lipinski definition) is 2. The lowest BCUT2D eigenvalue weighted by Crippen LogP contribution is -2.13. The van der Waals surface area contributed by atoms with Gasteiger partial charge in [0.1, 0.15) is 0 Å². The molecule has 2 aromatic rings. The van der Waals surface area contributed by atoms with Crippen molar-refractivity contribution in [2.45, 2.75) is 18.9 Å². The first kappa shape index (κ1) is 21.3. The first-order chi connectivity index (χ1) is 13.5. The summed E-state index contributed by atoms with van der Waals surface area (Å²) in [5.74, 6) is -0.637. The van der Waals surface area contributed by atoms with Gasteiger partial charge in [-0.25, -0.2) is 4.79 Å². The molecule has 0 spiro atoms. The summed E-state index contributed by atoms with van der Waals surface area (Å²) >= 11 is 0. The Morgan fingerprint density at radius 2 is 1.71 bits per heavy atom. The van der Waals surface area contributed by atoms with Gasteiger partial charge in [0.15, 0.2) is 5.78 Å². The van der Waals surface area contributed by atoms with Crippen molar-refractivity contribution < 1.29 is 24.5 Å². The average molecular weight is 380 g/mol. The monoisotopic (exact) mass is 380 g/mol. The van der Waals surface area contributed by atoms with Crippen molar-refractivity contribution in [1.82, 2.24) is 0 Å². The Kier molecular flexibility index (Phi) is 8.34. The first-order valence-electron chi connectivity index (χ1n) is 9.04. The van der Waals surface area contributed by atoms with E-state index >= 15 is 0 Å². The van der Waals surface area contributed by atoms with Crippen molar-refractivity contribution >= 4 is 23.4 Å². The molecule has 2 aromatic carbocycles. The second-order valence-electron chi connectivity index (χ2n) is 6.28. The van der Waals surface area contributed by atoms with Crippen molar-refractivity contribution in [3.8, 4) is 0 Å². The van der Waals surface area contributed by atoms with Gasteiger partial charge in [0, 0.05) is 17.2 Å². The summed E-state index contributed by atoms with van der Waals surface area (Å²) in [4.78, 5) is 24.2. The molecule has 2 N–H and O–H groups in total. The molecular formula is C23H24O5. The van der Waals surface area contributed by atoms with Crippen molar-refractivity contribution in [2.24, 2.45) is 0 Å². The van der Waals surface area contributed by atoms with E-state index < -0.39 is 12.1 Å². The van der Waals surface area contributed by atoms with Crippen LogP contribution in [0, 0.1) is 0 Å². The van der Waals surface area contributed by atoms with Crippen molar-refractivity contribution in [1.29, 1.82) is 0 Å². The van der Waals surface area contributed by atoms with E-state index in [2.05, 4.69) is 6.58 Å². The zero-order chi connectivity index (χ0) is 20.4. The number of esters is 1. The summed E-state index contributed by atoms with van der Waals surface area (Å²) in [5.41, 5.74) is 2.50. The number of hydrogen-bond acceptors (Lipinski definition) is 5. The number of aliphatic hydroxyl groups is 2. The summed E-state index contributed by atoms with van der Waals surface area (Å²) in [6.45, 7) is 3.76. The molecule has 0 radical (unpaired) electrons. The van der Waals surface area contributed by atoms with Crippen LogP contribution in [0.25, 0.3) is 11.6 Å². The zero-order valence-corrected chi connectivity index (χ0v) is 15.6. The number of Topliss-reactive ketones (excluding diaryl/α,β-unsaturated/α-hetero) is 1. The van der Waals surface area contributed by atoms with Crippen LogP contribution in [0.4, 0.5) is 0 Å². The van der Waals surface area contributed by atoms with Crippen molar-refractivity contribution in [3.05, 3.63) is 83.9 Å². The van der Waals surface area contributed by atoms with E-state index in [1.807, 2.05) is 30.3 Å². The van der Waals surface area contributed by atoms with E-state index in [0.717, 1.165) is 11.1 Å². The van der Waals surface area contributed by atoms with Crippen LogP contribution in [0.3, 0.4) is 0 Å². The minimum atomic E-state index is -0.784. The Bertz CT molecular complexity index is 822. The van der Waals surface area contributed by atoms with Gasteiger partial charge in [0.25, 0.3) is 0 Å². The molecular weight excluding hydrogens is 356 g/mol. The highest BCUT2D eigenvalue weighted by atomic mass is 16.5. The molecule has 5 nitrogen and oxygen atoms in total. The highest BCUT2D eigenvalue weighted by Gasteiger charge is 2.11. The Hall–Kier alpha value is -3.02. The Morgan fingerprint density at radius 3 is 2.36 bits per heavy atom. The predicted octanol–water partition coefficient (Wildman–Crippen LogP) is 3.27. The predicted molar refractivity (Wildman–Crippen MR) is 109 cm³/mol. The van der Waals surface area contributed by atoms with Gasteiger partial charge in [-0.1, -0.05) is 61.2 Å². The van der Waals surface area contributed by atoms with E-state index in [9.17, 15) is 14.7 Å². The largest absolute Gasteiger partial charge is 0.463 e. The second kappa shape index (κ2) is 11.0. The molecule has 0 aliphatic rings. The molecule has 0 fully saturated rings. The summed E-state index contributed by atoms with van der Waals surface area (Å²) in [6.07, 6.45) is 2.97. The lowest BCUT2D eigenvalue weighted by atomic mass is 9.97. The number of ketones is 1. The molecule has 0 bridgehead atoms. The molecule has 146 valence electrons. The normalized spacial score (nSPS) is 11.9. The number of rotatable bonds is 10. The second-order valence-corrected chi connectivity index (χ2v) is 6.28. The zero-order valence-electron chi connectivity index (χ0n) is 15.6. The summed E-state index contributed by atoms with van der Waals surface area (Å²) < 4.78 is 5.02. The quantitative estimate of drug-likeness (QED) is 0.286. The van der Waals surface area contributed by atoms with Crippen LogP contribution in [-0.4, -0.2) is 41.3 Å². The molecule has 5 heteroatoms.